The highest BCUT2D eigenvalue weighted by Crippen LogP contribution is 2.41. The van der Waals surface area contributed by atoms with Gasteiger partial charge in [-0.05, 0) is 78.3 Å². The fourth-order valence-electron chi connectivity index (χ4n) is 7.44. The van der Waals surface area contributed by atoms with E-state index in [1.807, 2.05) is 0 Å². The summed E-state index contributed by atoms with van der Waals surface area (Å²) in [5.41, 5.74) is 9.60. The van der Waals surface area contributed by atoms with E-state index in [2.05, 4.69) is 193 Å². The molecule has 1 heterocycles. The molecule has 228 valence electrons. The van der Waals surface area contributed by atoms with Gasteiger partial charge >= 0.3 is 0 Å². The van der Waals surface area contributed by atoms with Gasteiger partial charge in [0.1, 0.15) is 6.17 Å². The molecule has 2 atom stereocenters. The standard InChI is InChI=1S/C46H34N2/c1-4-14-31(15-5-1)35-26-27-38(32-16-6-2-7-17-32)41(29-35)43-30-42(34-19-8-3-9-20-34)47-46(48-43)45-40-23-13-11-21-36(40)28-37-25-24-33-18-10-12-22-39(33)44(37)45/h1-30,42,46-48H. The highest BCUT2D eigenvalue weighted by Gasteiger charge is 2.28. The number of hydrogen-bond donors (Lipinski definition) is 2. The van der Waals surface area contributed by atoms with Gasteiger partial charge < -0.3 is 5.32 Å². The van der Waals surface area contributed by atoms with Gasteiger partial charge in [0.2, 0.25) is 0 Å². The minimum Gasteiger partial charge on any atom is -0.366 e. The molecule has 1 aliphatic heterocycles. The van der Waals surface area contributed by atoms with E-state index < -0.39 is 0 Å². The number of nitrogens with one attached hydrogen (secondary N) is 2. The Morgan fingerprint density at radius 2 is 1.04 bits per heavy atom. The zero-order chi connectivity index (χ0) is 31.9. The van der Waals surface area contributed by atoms with E-state index in [0.29, 0.717) is 0 Å². The van der Waals surface area contributed by atoms with Gasteiger partial charge in [-0.25, -0.2) is 0 Å². The summed E-state index contributed by atoms with van der Waals surface area (Å²) in [7, 11) is 0. The summed E-state index contributed by atoms with van der Waals surface area (Å²) in [6, 6.07) is 63.5. The van der Waals surface area contributed by atoms with Crippen LogP contribution in [0.15, 0.2) is 182 Å². The van der Waals surface area contributed by atoms with E-state index in [4.69, 9.17) is 0 Å². The van der Waals surface area contributed by atoms with Crippen LogP contribution in [0.25, 0.3) is 60.3 Å². The fourth-order valence-corrected chi connectivity index (χ4v) is 7.44. The second-order valence-electron chi connectivity index (χ2n) is 12.6. The predicted octanol–water partition coefficient (Wildman–Crippen LogP) is 11.5. The van der Waals surface area contributed by atoms with E-state index in [9.17, 15) is 0 Å². The van der Waals surface area contributed by atoms with Crippen molar-refractivity contribution in [1.29, 1.82) is 0 Å². The molecular weight excluding hydrogens is 581 g/mol. The first-order valence-electron chi connectivity index (χ1n) is 16.7. The number of benzene rings is 8. The Bertz CT molecular complexity index is 2450. The van der Waals surface area contributed by atoms with Gasteiger partial charge in [0.15, 0.2) is 0 Å². The maximum absolute atomic E-state index is 4.07. The minimum atomic E-state index is -0.168. The maximum Gasteiger partial charge on any atom is 0.105 e. The van der Waals surface area contributed by atoms with Crippen molar-refractivity contribution >= 4 is 38.0 Å². The predicted molar refractivity (Wildman–Crippen MR) is 202 cm³/mol. The van der Waals surface area contributed by atoms with E-state index in [0.717, 1.165) is 5.70 Å². The Kier molecular flexibility index (Phi) is 7.07. The summed E-state index contributed by atoms with van der Waals surface area (Å²) in [6.45, 7) is 0. The Morgan fingerprint density at radius 3 is 1.81 bits per heavy atom. The topological polar surface area (TPSA) is 24.1 Å². The number of hydrogen-bond acceptors (Lipinski definition) is 2. The molecule has 2 N–H and O–H groups in total. The van der Waals surface area contributed by atoms with Crippen molar-refractivity contribution in [3.63, 3.8) is 0 Å². The van der Waals surface area contributed by atoms with Crippen molar-refractivity contribution in [3.8, 4) is 22.3 Å². The first kappa shape index (κ1) is 28.3. The summed E-state index contributed by atoms with van der Waals surface area (Å²) in [5.74, 6) is 0. The normalized spacial score (nSPS) is 16.1. The summed E-state index contributed by atoms with van der Waals surface area (Å²) in [4.78, 5) is 0. The van der Waals surface area contributed by atoms with Crippen LogP contribution in [0.5, 0.6) is 0 Å². The molecule has 0 bridgehead atoms. The van der Waals surface area contributed by atoms with Gasteiger partial charge in [-0.15, -0.1) is 0 Å². The van der Waals surface area contributed by atoms with Crippen molar-refractivity contribution in [2.45, 2.75) is 12.2 Å². The van der Waals surface area contributed by atoms with Crippen LogP contribution in [0.3, 0.4) is 0 Å². The quantitative estimate of drug-likeness (QED) is 0.149. The maximum atomic E-state index is 4.07. The molecule has 1 aliphatic rings. The van der Waals surface area contributed by atoms with Gasteiger partial charge in [-0.3, -0.25) is 5.32 Å². The van der Waals surface area contributed by atoms with Crippen LogP contribution in [-0.4, -0.2) is 0 Å². The van der Waals surface area contributed by atoms with Crippen LogP contribution in [0.2, 0.25) is 0 Å². The average molecular weight is 615 g/mol. The third-order valence-electron chi connectivity index (χ3n) is 9.72. The van der Waals surface area contributed by atoms with Gasteiger partial charge in [0.05, 0.1) is 6.04 Å². The Balaban J connectivity index is 1.30. The Hall–Kier alpha value is -5.96. The van der Waals surface area contributed by atoms with Gasteiger partial charge in [-0.2, -0.15) is 0 Å². The Morgan fingerprint density at radius 1 is 0.417 bits per heavy atom. The van der Waals surface area contributed by atoms with Crippen LogP contribution >= 0.6 is 0 Å². The molecule has 2 heteroatoms. The summed E-state index contributed by atoms with van der Waals surface area (Å²) >= 11 is 0. The van der Waals surface area contributed by atoms with Gasteiger partial charge in [-0.1, -0.05) is 164 Å². The Labute approximate surface area is 281 Å². The zero-order valence-electron chi connectivity index (χ0n) is 26.5. The first-order valence-corrected chi connectivity index (χ1v) is 16.7. The molecule has 8 aromatic carbocycles. The van der Waals surface area contributed by atoms with Crippen LogP contribution in [-0.2, 0) is 0 Å². The third-order valence-corrected chi connectivity index (χ3v) is 9.72. The van der Waals surface area contributed by atoms with Crippen molar-refractivity contribution in [2.75, 3.05) is 0 Å². The molecular formula is C46H34N2. The number of rotatable bonds is 5. The molecule has 0 aliphatic carbocycles. The molecule has 48 heavy (non-hydrogen) atoms. The second kappa shape index (κ2) is 12.0. The van der Waals surface area contributed by atoms with E-state index in [1.165, 1.54) is 71.3 Å². The summed E-state index contributed by atoms with van der Waals surface area (Å²) < 4.78 is 0. The van der Waals surface area contributed by atoms with E-state index in [1.54, 1.807) is 0 Å². The molecule has 0 fully saturated rings. The lowest BCUT2D eigenvalue weighted by Crippen LogP contribution is -2.40. The van der Waals surface area contributed by atoms with Crippen molar-refractivity contribution in [3.05, 3.63) is 199 Å². The smallest absolute Gasteiger partial charge is 0.105 e. The van der Waals surface area contributed by atoms with Gasteiger partial charge in [0.25, 0.3) is 0 Å². The molecule has 0 radical (unpaired) electrons. The summed E-state index contributed by atoms with van der Waals surface area (Å²) in [5, 5.41) is 15.7. The average Bonchev–Trinajstić information content (AvgIpc) is 3.17. The molecule has 0 saturated carbocycles. The van der Waals surface area contributed by atoms with E-state index >= 15 is 0 Å². The highest BCUT2D eigenvalue weighted by atomic mass is 15.2. The SMILES string of the molecule is C1=C(c2cc(-c3ccccc3)ccc2-c2ccccc2)NC(c2c3ccccc3cc3ccc4ccccc4c23)NC1c1ccccc1. The molecule has 0 saturated heterocycles. The van der Waals surface area contributed by atoms with Crippen LogP contribution in [0.1, 0.15) is 28.9 Å². The first-order chi connectivity index (χ1) is 23.8. The fraction of sp³-hybridized carbons (Fsp3) is 0.0435. The zero-order valence-corrected chi connectivity index (χ0v) is 26.5. The number of fused-ring (bicyclic) bond motifs is 4. The molecule has 9 rings (SSSR count). The van der Waals surface area contributed by atoms with Crippen LogP contribution in [0, 0.1) is 0 Å². The second-order valence-corrected chi connectivity index (χ2v) is 12.6. The van der Waals surface area contributed by atoms with E-state index in [-0.39, 0.29) is 12.2 Å². The van der Waals surface area contributed by atoms with Crippen molar-refractivity contribution < 1.29 is 0 Å². The summed E-state index contributed by atoms with van der Waals surface area (Å²) in [6.07, 6.45) is 2.20. The lowest BCUT2D eigenvalue weighted by atomic mass is 9.88. The molecule has 2 unspecified atom stereocenters. The molecule has 0 amide bonds. The van der Waals surface area contributed by atoms with Crippen LogP contribution in [0.4, 0.5) is 0 Å². The molecule has 0 aromatic heterocycles. The monoisotopic (exact) mass is 614 g/mol. The van der Waals surface area contributed by atoms with Crippen LogP contribution < -0.4 is 10.6 Å². The van der Waals surface area contributed by atoms with Gasteiger partial charge in [0, 0.05) is 16.8 Å². The largest absolute Gasteiger partial charge is 0.366 e. The van der Waals surface area contributed by atoms with Crippen molar-refractivity contribution in [1.82, 2.24) is 10.6 Å². The lowest BCUT2D eigenvalue weighted by Gasteiger charge is -2.35. The molecule has 0 spiro atoms. The highest BCUT2D eigenvalue weighted by molar-refractivity contribution is 6.15. The van der Waals surface area contributed by atoms with Crippen molar-refractivity contribution in [2.24, 2.45) is 0 Å². The minimum absolute atomic E-state index is 0.0135. The molecule has 8 aromatic rings. The third kappa shape index (κ3) is 5.04. The lowest BCUT2D eigenvalue weighted by molar-refractivity contribution is 0.447. The molecule has 2 nitrogen and oxygen atoms in total.